The lowest BCUT2D eigenvalue weighted by Crippen LogP contribution is -2.49. The molecule has 1 saturated carbocycles. The summed E-state index contributed by atoms with van der Waals surface area (Å²) in [5, 5.41) is 0. The minimum atomic E-state index is 0.875. The Morgan fingerprint density at radius 3 is 2.70 bits per heavy atom. The van der Waals surface area contributed by atoms with Crippen molar-refractivity contribution in [2.75, 3.05) is 26.2 Å². The van der Waals surface area contributed by atoms with Gasteiger partial charge in [-0.2, -0.15) is 0 Å². The van der Waals surface area contributed by atoms with Crippen LogP contribution in [0.1, 0.15) is 38.2 Å². The van der Waals surface area contributed by atoms with Gasteiger partial charge in [-0.1, -0.05) is 19.4 Å². The Morgan fingerprint density at radius 2 is 2.05 bits per heavy atom. The van der Waals surface area contributed by atoms with E-state index in [0.29, 0.717) is 0 Å². The number of aromatic nitrogens is 1. The zero-order valence-corrected chi connectivity index (χ0v) is 12.7. The Hall–Kier alpha value is -0.930. The monoisotopic (exact) mass is 273 g/mol. The third-order valence-electron chi connectivity index (χ3n) is 5.14. The minimum Gasteiger partial charge on any atom is -0.298 e. The standard InChI is InChI=1S/C17H27N3/c1-2-15-5-6-17(12-15)20-10-8-19(9-11-20)14-16-4-3-7-18-13-16/h3-4,7,13,15,17H,2,5-6,8-12,14H2,1H3/t15-,17+/m0/s1. The van der Waals surface area contributed by atoms with Crippen LogP contribution < -0.4 is 0 Å². The van der Waals surface area contributed by atoms with Crippen LogP contribution in [0.25, 0.3) is 0 Å². The van der Waals surface area contributed by atoms with Gasteiger partial charge in [-0.3, -0.25) is 14.8 Å². The molecule has 110 valence electrons. The van der Waals surface area contributed by atoms with Crippen LogP contribution in [-0.4, -0.2) is 47.0 Å². The van der Waals surface area contributed by atoms with Crippen LogP contribution in [0.5, 0.6) is 0 Å². The van der Waals surface area contributed by atoms with Crippen molar-refractivity contribution >= 4 is 0 Å². The Balaban J connectivity index is 1.45. The molecular weight excluding hydrogens is 246 g/mol. The molecule has 2 fully saturated rings. The summed E-state index contributed by atoms with van der Waals surface area (Å²) in [6.45, 7) is 8.33. The first kappa shape index (κ1) is 14.0. The fraction of sp³-hybridized carbons (Fsp3) is 0.706. The van der Waals surface area contributed by atoms with E-state index in [2.05, 4.69) is 27.8 Å². The lowest BCUT2D eigenvalue weighted by atomic mass is 10.0. The Bertz CT molecular complexity index is 398. The van der Waals surface area contributed by atoms with Crippen molar-refractivity contribution in [1.82, 2.24) is 14.8 Å². The van der Waals surface area contributed by atoms with E-state index in [1.165, 1.54) is 57.4 Å². The quantitative estimate of drug-likeness (QED) is 0.841. The summed E-state index contributed by atoms with van der Waals surface area (Å²) in [5.41, 5.74) is 1.34. The van der Waals surface area contributed by atoms with Crippen molar-refractivity contribution in [3.8, 4) is 0 Å². The number of rotatable bonds is 4. The van der Waals surface area contributed by atoms with Crippen molar-refractivity contribution in [3.05, 3.63) is 30.1 Å². The molecule has 1 saturated heterocycles. The molecule has 0 bridgehead atoms. The highest BCUT2D eigenvalue weighted by molar-refractivity contribution is 5.08. The first-order valence-corrected chi connectivity index (χ1v) is 8.20. The van der Waals surface area contributed by atoms with Gasteiger partial charge in [0.1, 0.15) is 0 Å². The highest BCUT2D eigenvalue weighted by atomic mass is 15.3. The molecule has 1 aromatic heterocycles. The van der Waals surface area contributed by atoms with E-state index in [4.69, 9.17) is 0 Å². The van der Waals surface area contributed by atoms with Crippen molar-refractivity contribution in [3.63, 3.8) is 0 Å². The van der Waals surface area contributed by atoms with Gasteiger partial charge in [0.2, 0.25) is 0 Å². The van der Waals surface area contributed by atoms with Crippen LogP contribution in [0.4, 0.5) is 0 Å². The summed E-state index contributed by atoms with van der Waals surface area (Å²) < 4.78 is 0. The van der Waals surface area contributed by atoms with E-state index in [1.807, 2.05) is 18.5 Å². The molecule has 1 aliphatic heterocycles. The lowest BCUT2D eigenvalue weighted by Gasteiger charge is -2.38. The molecule has 0 N–H and O–H groups in total. The summed E-state index contributed by atoms with van der Waals surface area (Å²) in [6, 6.07) is 5.09. The van der Waals surface area contributed by atoms with E-state index in [9.17, 15) is 0 Å². The maximum absolute atomic E-state index is 4.21. The second kappa shape index (κ2) is 6.68. The number of hydrogen-bond acceptors (Lipinski definition) is 3. The molecular formula is C17H27N3. The minimum absolute atomic E-state index is 0.875. The number of piperazine rings is 1. The van der Waals surface area contributed by atoms with Gasteiger partial charge in [0.25, 0.3) is 0 Å². The number of pyridine rings is 1. The van der Waals surface area contributed by atoms with Crippen LogP contribution in [0.2, 0.25) is 0 Å². The van der Waals surface area contributed by atoms with Gasteiger partial charge in [0.05, 0.1) is 0 Å². The molecule has 0 unspecified atom stereocenters. The van der Waals surface area contributed by atoms with Crippen molar-refractivity contribution < 1.29 is 0 Å². The highest BCUT2D eigenvalue weighted by Gasteiger charge is 2.30. The molecule has 3 rings (SSSR count). The molecule has 1 aliphatic carbocycles. The van der Waals surface area contributed by atoms with Gasteiger partial charge in [0.15, 0.2) is 0 Å². The topological polar surface area (TPSA) is 19.4 Å². The van der Waals surface area contributed by atoms with E-state index in [1.54, 1.807) is 0 Å². The molecule has 0 radical (unpaired) electrons. The fourth-order valence-corrected chi connectivity index (χ4v) is 3.79. The van der Waals surface area contributed by atoms with E-state index < -0.39 is 0 Å². The smallest absolute Gasteiger partial charge is 0.0312 e. The molecule has 0 spiro atoms. The molecule has 2 aliphatic rings. The van der Waals surface area contributed by atoms with Gasteiger partial charge in [-0.25, -0.2) is 0 Å². The molecule has 3 heteroatoms. The second-order valence-electron chi connectivity index (χ2n) is 6.41. The van der Waals surface area contributed by atoms with Gasteiger partial charge >= 0.3 is 0 Å². The maximum Gasteiger partial charge on any atom is 0.0312 e. The normalized spacial score (nSPS) is 28.9. The average Bonchev–Trinajstić information content (AvgIpc) is 2.98. The number of nitrogens with zero attached hydrogens (tertiary/aromatic N) is 3. The molecule has 2 atom stereocenters. The fourth-order valence-electron chi connectivity index (χ4n) is 3.79. The summed E-state index contributed by atoms with van der Waals surface area (Å²) in [5.74, 6) is 0.994. The molecule has 2 heterocycles. The maximum atomic E-state index is 4.21. The predicted molar refractivity (Wildman–Crippen MR) is 82.5 cm³/mol. The molecule has 0 aromatic carbocycles. The molecule has 0 amide bonds. The third kappa shape index (κ3) is 3.39. The number of hydrogen-bond donors (Lipinski definition) is 0. The predicted octanol–water partition coefficient (Wildman–Crippen LogP) is 2.78. The largest absolute Gasteiger partial charge is 0.298 e. The first-order valence-electron chi connectivity index (χ1n) is 8.20. The Labute approximate surface area is 123 Å². The summed E-state index contributed by atoms with van der Waals surface area (Å²) in [7, 11) is 0. The SMILES string of the molecule is CC[C@H]1CC[C@@H](N2CCN(Cc3cccnc3)CC2)C1. The van der Waals surface area contributed by atoms with Crippen molar-refractivity contribution in [2.45, 2.75) is 45.2 Å². The molecule has 1 aromatic rings. The summed E-state index contributed by atoms with van der Waals surface area (Å²) in [6.07, 6.45) is 9.55. The first-order chi connectivity index (χ1) is 9.85. The van der Waals surface area contributed by atoms with Crippen LogP contribution >= 0.6 is 0 Å². The highest BCUT2D eigenvalue weighted by Crippen LogP contribution is 2.31. The zero-order chi connectivity index (χ0) is 13.8. The lowest BCUT2D eigenvalue weighted by molar-refractivity contribution is 0.0920. The van der Waals surface area contributed by atoms with Gasteiger partial charge in [-0.05, 0) is 36.8 Å². The van der Waals surface area contributed by atoms with Crippen LogP contribution in [0.3, 0.4) is 0 Å². The van der Waals surface area contributed by atoms with Gasteiger partial charge in [0, 0.05) is 51.2 Å². The Morgan fingerprint density at radius 1 is 1.20 bits per heavy atom. The third-order valence-corrected chi connectivity index (χ3v) is 5.14. The van der Waals surface area contributed by atoms with Gasteiger partial charge in [-0.15, -0.1) is 0 Å². The molecule has 3 nitrogen and oxygen atoms in total. The van der Waals surface area contributed by atoms with Crippen molar-refractivity contribution in [1.29, 1.82) is 0 Å². The van der Waals surface area contributed by atoms with Crippen LogP contribution in [0.15, 0.2) is 24.5 Å². The van der Waals surface area contributed by atoms with Crippen molar-refractivity contribution in [2.24, 2.45) is 5.92 Å². The van der Waals surface area contributed by atoms with E-state index in [0.717, 1.165) is 18.5 Å². The second-order valence-corrected chi connectivity index (χ2v) is 6.41. The summed E-state index contributed by atoms with van der Waals surface area (Å²) in [4.78, 5) is 9.52. The zero-order valence-electron chi connectivity index (χ0n) is 12.7. The van der Waals surface area contributed by atoms with E-state index >= 15 is 0 Å². The van der Waals surface area contributed by atoms with E-state index in [-0.39, 0.29) is 0 Å². The van der Waals surface area contributed by atoms with Crippen LogP contribution in [0, 0.1) is 5.92 Å². The molecule has 20 heavy (non-hydrogen) atoms. The average molecular weight is 273 g/mol. The Kier molecular flexibility index (Phi) is 4.69. The van der Waals surface area contributed by atoms with Gasteiger partial charge < -0.3 is 0 Å². The summed E-state index contributed by atoms with van der Waals surface area (Å²) >= 11 is 0. The van der Waals surface area contributed by atoms with Crippen LogP contribution in [-0.2, 0) is 6.54 Å².